The van der Waals surface area contributed by atoms with Gasteiger partial charge in [0.1, 0.15) is 0 Å². The van der Waals surface area contributed by atoms with Crippen molar-refractivity contribution in [1.29, 1.82) is 0 Å². The largest absolute Gasteiger partial charge is 0.353 e. The van der Waals surface area contributed by atoms with Gasteiger partial charge >= 0.3 is 0 Å². The lowest BCUT2D eigenvalue weighted by molar-refractivity contribution is -0.162. The van der Waals surface area contributed by atoms with E-state index in [1.165, 1.54) is 0 Å². The van der Waals surface area contributed by atoms with E-state index in [-0.39, 0.29) is 12.2 Å². The third-order valence-electron chi connectivity index (χ3n) is 5.89. The molecular formula is C25H31ClN2O3. The number of rotatable bonds is 8. The number of nitrogens with zero attached hydrogens (tertiary/aromatic N) is 2. The van der Waals surface area contributed by atoms with Crippen LogP contribution in [0.5, 0.6) is 0 Å². The van der Waals surface area contributed by atoms with Gasteiger partial charge in [0, 0.05) is 24.7 Å². The summed E-state index contributed by atoms with van der Waals surface area (Å²) in [5, 5.41) is 0.639. The van der Waals surface area contributed by atoms with E-state index in [2.05, 4.69) is 17.9 Å². The molecule has 6 heteroatoms. The van der Waals surface area contributed by atoms with E-state index in [0.29, 0.717) is 23.7 Å². The molecular weight excluding hydrogens is 412 g/mol. The maximum absolute atomic E-state index is 13.6. The first kappa shape index (κ1) is 22.1. The minimum atomic E-state index is -0.103. The van der Waals surface area contributed by atoms with Gasteiger partial charge in [-0.15, -0.1) is 0 Å². The van der Waals surface area contributed by atoms with Crippen LogP contribution in [0.15, 0.2) is 42.5 Å². The van der Waals surface area contributed by atoms with Crippen LogP contribution in [0.1, 0.15) is 55.8 Å². The second kappa shape index (κ2) is 10.5. The van der Waals surface area contributed by atoms with E-state index in [1.807, 2.05) is 35.2 Å². The van der Waals surface area contributed by atoms with Gasteiger partial charge in [0.2, 0.25) is 0 Å². The zero-order chi connectivity index (χ0) is 21.6. The van der Waals surface area contributed by atoms with Crippen LogP contribution in [0, 0.1) is 0 Å². The average molecular weight is 443 g/mol. The number of ether oxygens (including phenoxy) is 2. The van der Waals surface area contributed by atoms with Crippen molar-refractivity contribution >= 4 is 34.6 Å². The molecule has 0 bridgehead atoms. The SMILES string of the molecule is CCCCN1c2cc(Cl)ccc2C(=O)N(CCCOC2CCCCO2)c2ccccc21. The van der Waals surface area contributed by atoms with Crippen molar-refractivity contribution in [2.45, 2.75) is 51.7 Å². The van der Waals surface area contributed by atoms with Gasteiger partial charge in [-0.1, -0.05) is 37.1 Å². The number of anilines is 3. The molecule has 2 aliphatic heterocycles. The summed E-state index contributed by atoms with van der Waals surface area (Å²) >= 11 is 6.34. The minimum absolute atomic E-state index is 0.00651. The Balaban J connectivity index is 1.59. The Morgan fingerprint density at radius 1 is 1.03 bits per heavy atom. The normalized spacial score (nSPS) is 18.5. The number of para-hydroxylation sites is 2. The summed E-state index contributed by atoms with van der Waals surface area (Å²) in [5.41, 5.74) is 3.55. The first-order valence-electron chi connectivity index (χ1n) is 11.4. The highest BCUT2D eigenvalue weighted by Gasteiger charge is 2.30. The van der Waals surface area contributed by atoms with Gasteiger partial charge in [-0.05, 0) is 62.4 Å². The molecule has 0 spiro atoms. The number of carbonyl (C=O) groups excluding carboxylic acids is 1. The molecule has 1 unspecified atom stereocenters. The molecule has 1 fully saturated rings. The predicted octanol–water partition coefficient (Wildman–Crippen LogP) is 6.17. The molecule has 4 rings (SSSR count). The Morgan fingerprint density at radius 3 is 2.55 bits per heavy atom. The Hall–Kier alpha value is -2.08. The molecule has 0 saturated carbocycles. The summed E-state index contributed by atoms with van der Waals surface area (Å²) in [6.45, 7) is 4.95. The fourth-order valence-corrected chi connectivity index (χ4v) is 4.44. The maximum Gasteiger partial charge on any atom is 0.260 e. The second-order valence-electron chi connectivity index (χ2n) is 8.13. The summed E-state index contributed by atoms with van der Waals surface area (Å²) in [6, 6.07) is 13.7. The Labute approximate surface area is 189 Å². The summed E-state index contributed by atoms with van der Waals surface area (Å²) in [6.07, 6.45) is 5.96. The maximum atomic E-state index is 13.6. The first-order chi connectivity index (χ1) is 15.2. The molecule has 2 aliphatic rings. The number of fused-ring (bicyclic) bond motifs is 2. The zero-order valence-corrected chi connectivity index (χ0v) is 18.9. The molecule has 2 heterocycles. The van der Waals surface area contributed by atoms with Crippen LogP contribution in [-0.2, 0) is 9.47 Å². The number of halogens is 1. The third-order valence-corrected chi connectivity index (χ3v) is 6.13. The second-order valence-corrected chi connectivity index (χ2v) is 8.57. The summed E-state index contributed by atoms with van der Waals surface area (Å²) in [7, 11) is 0. The van der Waals surface area contributed by atoms with Gasteiger partial charge in [0.25, 0.3) is 5.91 Å². The summed E-state index contributed by atoms with van der Waals surface area (Å²) in [4.78, 5) is 17.7. The number of carbonyl (C=O) groups is 1. The van der Waals surface area contributed by atoms with Crippen LogP contribution in [0.2, 0.25) is 5.02 Å². The van der Waals surface area contributed by atoms with E-state index in [0.717, 1.165) is 68.7 Å². The molecule has 5 nitrogen and oxygen atoms in total. The Morgan fingerprint density at radius 2 is 1.81 bits per heavy atom. The van der Waals surface area contributed by atoms with Crippen LogP contribution >= 0.6 is 11.6 Å². The fourth-order valence-electron chi connectivity index (χ4n) is 4.27. The lowest BCUT2D eigenvalue weighted by atomic mass is 10.1. The van der Waals surface area contributed by atoms with Crippen LogP contribution in [-0.4, -0.2) is 38.5 Å². The van der Waals surface area contributed by atoms with Gasteiger partial charge in [-0.25, -0.2) is 0 Å². The molecule has 2 aromatic rings. The summed E-state index contributed by atoms with van der Waals surface area (Å²) in [5.74, 6) is 0.00651. The Kier molecular flexibility index (Phi) is 7.49. The highest BCUT2D eigenvalue weighted by Crippen LogP contribution is 2.41. The highest BCUT2D eigenvalue weighted by atomic mass is 35.5. The fraction of sp³-hybridized carbons (Fsp3) is 0.480. The standard InChI is InChI=1S/C25H31ClN2O3/c1-2-3-14-27-21-9-4-5-10-22(21)28(15-8-17-31-24-11-6-7-16-30-24)25(29)20-13-12-19(26)18-23(20)27/h4-5,9-10,12-13,18,24H,2-3,6-8,11,14-17H2,1H3. The topological polar surface area (TPSA) is 42.0 Å². The van der Waals surface area contributed by atoms with Crippen LogP contribution in [0.4, 0.5) is 17.1 Å². The van der Waals surface area contributed by atoms with E-state index >= 15 is 0 Å². The highest BCUT2D eigenvalue weighted by molar-refractivity contribution is 6.31. The average Bonchev–Trinajstić information content (AvgIpc) is 2.89. The molecule has 0 aliphatic carbocycles. The summed E-state index contributed by atoms with van der Waals surface area (Å²) < 4.78 is 11.6. The van der Waals surface area contributed by atoms with Crippen LogP contribution in [0.3, 0.4) is 0 Å². The predicted molar refractivity (Wildman–Crippen MR) is 126 cm³/mol. The van der Waals surface area contributed by atoms with Crippen LogP contribution in [0.25, 0.3) is 0 Å². The Bertz CT molecular complexity index is 898. The zero-order valence-electron chi connectivity index (χ0n) is 18.2. The van der Waals surface area contributed by atoms with Crippen molar-refractivity contribution < 1.29 is 14.3 Å². The molecule has 166 valence electrons. The molecule has 0 N–H and O–H groups in total. The van der Waals surface area contributed by atoms with Gasteiger partial charge in [0.15, 0.2) is 6.29 Å². The van der Waals surface area contributed by atoms with Crippen molar-refractivity contribution in [2.75, 3.05) is 36.1 Å². The lowest BCUT2D eigenvalue weighted by Gasteiger charge is -2.28. The van der Waals surface area contributed by atoms with Crippen molar-refractivity contribution in [2.24, 2.45) is 0 Å². The quantitative estimate of drug-likeness (QED) is 0.458. The molecule has 2 aromatic carbocycles. The van der Waals surface area contributed by atoms with E-state index in [1.54, 1.807) is 6.07 Å². The molecule has 31 heavy (non-hydrogen) atoms. The van der Waals surface area contributed by atoms with Gasteiger partial charge in [-0.2, -0.15) is 0 Å². The number of unbranched alkanes of at least 4 members (excludes halogenated alkanes) is 1. The molecule has 1 atom stereocenters. The van der Waals surface area contributed by atoms with Gasteiger partial charge in [-0.3, -0.25) is 4.79 Å². The smallest absolute Gasteiger partial charge is 0.260 e. The minimum Gasteiger partial charge on any atom is -0.353 e. The molecule has 1 amide bonds. The third kappa shape index (κ3) is 5.05. The van der Waals surface area contributed by atoms with Crippen molar-refractivity contribution in [3.8, 4) is 0 Å². The number of hydrogen-bond acceptors (Lipinski definition) is 4. The number of hydrogen-bond donors (Lipinski definition) is 0. The van der Waals surface area contributed by atoms with Crippen molar-refractivity contribution in [3.63, 3.8) is 0 Å². The molecule has 1 saturated heterocycles. The number of benzene rings is 2. The number of amides is 1. The van der Waals surface area contributed by atoms with Gasteiger partial charge in [0.05, 0.1) is 29.2 Å². The molecule has 0 radical (unpaired) electrons. The molecule has 0 aromatic heterocycles. The van der Waals surface area contributed by atoms with Gasteiger partial charge < -0.3 is 19.3 Å². The van der Waals surface area contributed by atoms with E-state index in [9.17, 15) is 4.79 Å². The van der Waals surface area contributed by atoms with E-state index in [4.69, 9.17) is 21.1 Å². The van der Waals surface area contributed by atoms with E-state index < -0.39 is 0 Å². The van der Waals surface area contributed by atoms with Crippen LogP contribution < -0.4 is 9.80 Å². The lowest BCUT2D eigenvalue weighted by Crippen LogP contribution is -2.32. The first-order valence-corrected chi connectivity index (χ1v) is 11.8. The monoisotopic (exact) mass is 442 g/mol. The van der Waals surface area contributed by atoms with Crippen molar-refractivity contribution in [1.82, 2.24) is 0 Å². The van der Waals surface area contributed by atoms with Crippen molar-refractivity contribution in [3.05, 3.63) is 53.1 Å².